The van der Waals surface area contributed by atoms with Crippen LogP contribution in [-0.4, -0.2) is 22.6 Å². The average Bonchev–Trinajstić information content (AvgIpc) is 3.16. The van der Waals surface area contributed by atoms with Crippen molar-refractivity contribution in [1.29, 1.82) is 0 Å². The number of nitrogens with zero attached hydrogens (tertiary/aromatic N) is 2. The number of benzene rings is 1. The Morgan fingerprint density at radius 3 is 2.70 bits per heavy atom. The van der Waals surface area contributed by atoms with Gasteiger partial charge in [-0.1, -0.05) is 24.3 Å². The third kappa shape index (κ3) is 3.05. The monoisotopic (exact) mass is 380 g/mol. The van der Waals surface area contributed by atoms with Crippen molar-refractivity contribution in [2.45, 2.75) is 25.4 Å². The maximum atomic E-state index is 14.5. The van der Waals surface area contributed by atoms with Gasteiger partial charge in [0.1, 0.15) is 5.82 Å². The van der Waals surface area contributed by atoms with E-state index in [1.165, 1.54) is 10.9 Å². The van der Waals surface area contributed by atoms with Crippen LogP contribution in [0.15, 0.2) is 58.7 Å². The first-order chi connectivity index (χ1) is 13.2. The number of piperidine rings is 1. The smallest absolute Gasteiger partial charge is 0.250 e. The van der Waals surface area contributed by atoms with Gasteiger partial charge in [0.15, 0.2) is 0 Å². The predicted octanol–water partition coefficient (Wildman–Crippen LogP) is 4.34. The molecule has 0 saturated carbocycles. The highest BCUT2D eigenvalue weighted by Gasteiger charge is 2.36. The Labute approximate surface area is 161 Å². The van der Waals surface area contributed by atoms with E-state index in [9.17, 15) is 9.18 Å². The van der Waals surface area contributed by atoms with Crippen LogP contribution in [0.4, 0.5) is 4.39 Å². The first-order valence-electron chi connectivity index (χ1n) is 9.42. The summed E-state index contributed by atoms with van der Waals surface area (Å²) in [5.74, 6) is 0.512. The molecule has 5 heteroatoms. The van der Waals surface area contributed by atoms with E-state index in [1.807, 2.05) is 22.8 Å². The van der Waals surface area contributed by atoms with Gasteiger partial charge >= 0.3 is 0 Å². The molecular weight excluding hydrogens is 359 g/mol. The van der Waals surface area contributed by atoms with Gasteiger partial charge in [-0.15, -0.1) is 11.3 Å². The number of fused-ring (bicyclic) bond motifs is 4. The molecule has 0 spiro atoms. The molecule has 0 radical (unpaired) electrons. The molecule has 5 rings (SSSR count). The molecule has 0 unspecified atom stereocenters. The van der Waals surface area contributed by atoms with Crippen LogP contribution in [0.1, 0.15) is 22.9 Å². The maximum absolute atomic E-state index is 14.5. The van der Waals surface area contributed by atoms with Crippen molar-refractivity contribution in [3.05, 3.63) is 80.7 Å². The van der Waals surface area contributed by atoms with E-state index in [1.54, 1.807) is 23.5 Å². The molecule has 1 fully saturated rings. The Balaban J connectivity index is 1.56. The fourth-order valence-corrected chi connectivity index (χ4v) is 5.52. The predicted molar refractivity (Wildman–Crippen MR) is 107 cm³/mol. The largest absolute Gasteiger partial charge is 0.311 e. The topological polar surface area (TPSA) is 25.2 Å². The van der Waals surface area contributed by atoms with Gasteiger partial charge < -0.3 is 4.57 Å². The number of pyridine rings is 1. The van der Waals surface area contributed by atoms with Crippen molar-refractivity contribution in [3.8, 4) is 11.1 Å². The second kappa shape index (κ2) is 6.73. The lowest BCUT2D eigenvalue weighted by atomic mass is 9.80. The van der Waals surface area contributed by atoms with Crippen molar-refractivity contribution < 1.29 is 4.39 Å². The highest BCUT2D eigenvalue weighted by atomic mass is 32.1. The summed E-state index contributed by atoms with van der Waals surface area (Å²) in [7, 11) is 0. The molecule has 2 aliphatic rings. The number of likely N-dealkylation sites (tertiary alicyclic amines) is 1. The summed E-state index contributed by atoms with van der Waals surface area (Å²) in [6.45, 7) is 3.62. The van der Waals surface area contributed by atoms with Crippen molar-refractivity contribution >= 4 is 11.3 Å². The quantitative estimate of drug-likeness (QED) is 0.676. The molecule has 27 heavy (non-hydrogen) atoms. The average molecular weight is 380 g/mol. The number of halogens is 1. The summed E-state index contributed by atoms with van der Waals surface area (Å²) in [4.78, 5) is 16.4. The highest BCUT2D eigenvalue weighted by molar-refractivity contribution is 7.09. The van der Waals surface area contributed by atoms with E-state index in [-0.39, 0.29) is 17.3 Å². The Morgan fingerprint density at radius 1 is 1.00 bits per heavy atom. The zero-order chi connectivity index (χ0) is 18.4. The van der Waals surface area contributed by atoms with Gasteiger partial charge in [0.2, 0.25) is 0 Å². The molecule has 1 saturated heterocycles. The summed E-state index contributed by atoms with van der Waals surface area (Å²) < 4.78 is 16.4. The van der Waals surface area contributed by atoms with Crippen LogP contribution in [0, 0.1) is 11.7 Å². The van der Waals surface area contributed by atoms with E-state index < -0.39 is 0 Å². The Hall–Kier alpha value is -2.24. The summed E-state index contributed by atoms with van der Waals surface area (Å²) in [5, 5.41) is 2.12. The van der Waals surface area contributed by atoms with Gasteiger partial charge in [-0.3, -0.25) is 9.69 Å². The van der Waals surface area contributed by atoms with Crippen molar-refractivity contribution in [2.75, 3.05) is 13.1 Å². The second-order valence-electron chi connectivity index (χ2n) is 7.63. The van der Waals surface area contributed by atoms with E-state index in [0.29, 0.717) is 11.5 Å². The molecule has 1 aromatic carbocycles. The number of thiophene rings is 1. The summed E-state index contributed by atoms with van der Waals surface area (Å²) in [5.41, 5.74) is 2.51. The van der Waals surface area contributed by atoms with Gasteiger partial charge in [-0.25, -0.2) is 4.39 Å². The van der Waals surface area contributed by atoms with Crippen molar-refractivity contribution in [1.82, 2.24) is 9.47 Å². The van der Waals surface area contributed by atoms with E-state index in [0.717, 1.165) is 43.9 Å². The van der Waals surface area contributed by atoms with Gasteiger partial charge in [0, 0.05) is 59.9 Å². The number of hydrogen-bond donors (Lipinski definition) is 0. The zero-order valence-corrected chi connectivity index (χ0v) is 15.8. The molecule has 0 aliphatic carbocycles. The summed E-state index contributed by atoms with van der Waals surface area (Å²) in [6.07, 6.45) is 1.08. The molecule has 0 amide bonds. The lowest BCUT2D eigenvalue weighted by Gasteiger charge is -2.43. The van der Waals surface area contributed by atoms with Crippen LogP contribution in [0.5, 0.6) is 0 Å². The van der Waals surface area contributed by atoms with Crippen molar-refractivity contribution in [3.63, 3.8) is 0 Å². The molecule has 2 aromatic heterocycles. The Bertz CT molecular complexity index is 1030. The van der Waals surface area contributed by atoms with E-state index in [2.05, 4.69) is 22.4 Å². The minimum absolute atomic E-state index is 0.0338. The third-order valence-electron chi connectivity index (χ3n) is 5.79. The molecular formula is C22H21FN2OS. The molecule has 2 bridgehead atoms. The zero-order valence-electron chi connectivity index (χ0n) is 15.0. The van der Waals surface area contributed by atoms with Crippen LogP contribution in [0.25, 0.3) is 11.1 Å². The highest BCUT2D eigenvalue weighted by Crippen LogP contribution is 2.40. The number of aromatic nitrogens is 1. The van der Waals surface area contributed by atoms with Crippen LogP contribution < -0.4 is 5.56 Å². The van der Waals surface area contributed by atoms with Gasteiger partial charge in [-0.2, -0.15) is 0 Å². The third-order valence-corrected chi connectivity index (χ3v) is 6.65. The first kappa shape index (κ1) is 16.9. The minimum Gasteiger partial charge on any atom is -0.311 e. The fraction of sp³-hybridized carbons (Fsp3) is 0.318. The van der Waals surface area contributed by atoms with Crippen molar-refractivity contribution in [2.24, 2.45) is 5.92 Å². The lowest BCUT2D eigenvalue weighted by molar-refractivity contribution is 0.115. The summed E-state index contributed by atoms with van der Waals surface area (Å²) in [6, 6.07) is 14.5. The molecule has 3 aromatic rings. The first-order valence-corrected chi connectivity index (χ1v) is 10.3. The molecule has 2 aliphatic heterocycles. The minimum atomic E-state index is -0.229. The van der Waals surface area contributed by atoms with Crippen LogP contribution in [0.2, 0.25) is 0 Å². The SMILES string of the molecule is O=c1ccc(-c2ccccc2F)c2n1C[C@H]1C[C@H]2CN(Cc2cccs2)C1. The maximum Gasteiger partial charge on any atom is 0.250 e. The van der Waals surface area contributed by atoms with Gasteiger partial charge in [0.05, 0.1) is 0 Å². The number of hydrogen-bond acceptors (Lipinski definition) is 3. The standard InChI is InChI=1S/C22H21FN2OS/c23-20-6-2-1-5-18(20)19-7-8-21(26)25-12-15-10-16(22(19)25)13-24(11-15)14-17-4-3-9-27-17/h1-9,15-16H,10-14H2/t15-,16-/m0/s1. The van der Waals surface area contributed by atoms with Crippen LogP contribution in [-0.2, 0) is 13.1 Å². The molecule has 0 N–H and O–H groups in total. The fourth-order valence-electron chi connectivity index (χ4n) is 4.77. The van der Waals surface area contributed by atoms with Crippen LogP contribution >= 0.6 is 11.3 Å². The Kier molecular flexibility index (Phi) is 4.21. The van der Waals surface area contributed by atoms with E-state index >= 15 is 0 Å². The molecule has 138 valence electrons. The summed E-state index contributed by atoms with van der Waals surface area (Å²) >= 11 is 1.79. The van der Waals surface area contributed by atoms with E-state index in [4.69, 9.17) is 0 Å². The number of rotatable bonds is 3. The Morgan fingerprint density at radius 2 is 1.89 bits per heavy atom. The van der Waals surface area contributed by atoms with Gasteiger partial charge in [-0.05, 0) is 35.9 Å². The lowest BCUT2D eigenvalue weighted by Crippen LogP contribution is -2.46. The molecule has 4 heterocycles. The van der Waals surface area contributed by atoms with Gasteiger partial charge in [0.25, 0.3) is 5.56 Å². The molecule has 2 atom stereocenters. The molecule has 3 nitrogen and oxygen atoms in total. The normalized spacial score (nSPS) is 21.8. The second-order valence-corrected chi connectivity index (χ2v) is 8.67. The van der Waals surface area contributed by atoms with Crippen LogP contribution in [0.3, 0.4) is 0 Å².